The number of hydrogen-bond acceptors (Lipinski definition) is 8. The Morgan fingerprint density at radius 1 is 1.09 bits per heavy atom. The lowest BCUT2D eigenvalue weighted by Crippen LogP contribution is -2.46. The fraction of sp³-hybridized carbons (Fsp3) is 0.722. The number of ether oxygens (including phenoxy) is 2. The molecule has 0 spiro atoms. The van der Waals surface area contributed by atoms with Crippen molar-refractivity contribution < 1.29 is 29.3 Å². The third kappa shape index (κ3) is 7.56. The first kappa shape index (κ1) is 34.7. The number of rotatable bonds is 15. The van der Waals surface area contributed by atoms with Gasteiger partial charge in [0, 0.05) is 38.8 Å². The second kappa shape index (κ2) is 15.0. The summed E-state index contributed by atoms with van der Waals surface area (Å²) >= 11 is 0. The minimum absolute atomic E-state index is 0.0762. The maximum absolute atomic E-state index is 14.0. The molecule has 0 aromatic rings. The summed E-state index contributed by atoms with van der Waals surface area (Å²) in [5.74, 6) is 0.164. The number of aliphatic hydroxyl groups is 1. The van der Waals surface area contributed by atoms with E-state index in [-0.39, 0.29) is 31.2 Å². The Labute approximate surface area is 275 Å². The number of aliphatic hydroxyl groups excluding tert-OH is 1. The number of carbonyl (C=O) groups excluding carboxylic acids is 1. The van der Waals surface area contributed by atoms with E-state index >= 15 is 0 Å². The summed E-state index contributed by atoms with van der Waals surface area (Å²) < 4.78 is 11.3. The van der Waals surface area contributed by atoms with Crippen molar-refractivity contribution in [1.29, 1.82) is 0 Å². The van der Waals surface area contributed by atoms with Crippen molar-refractivity contribution in [2.45, 2.75) is 78.0 Å². The zero-order valence-corrected chi connectivity index (χ0v) is 28.6. The van der Waals surface area contributed by atoms with Crippen LogP contribution in [-0.4, -0.2) is 121 Å². The van der Waals surface area contributed by atoms with E-state index in [0.717, 1.165) is 56.5 Å². The maximum atomic E-state index is 14.0. The molecular formula is C36H56N4O6. The quantitative estimate of drug-likeness (QED) is 0.257. The Bertz CT molecular complexity index is 1240. The summed E-state index contributed by atoms with van der Waals surface area (Å²) in [6.07, 6.45) is 13.7. The van der Waals surface area contributed by atoms with Crippen molar-refractivity contribution in [3.05, 3.63) is 47.0 Å². The highest BCUT2D eigenvalue weighted by Crippen LogP contribution is 2.49. The summed E-state index contributed by atoms with van der Waals surface area (Å²) in [5.41, 5.74) is 1.81. The van der Waals surface area contributed by atoms with Crippen LogP contribution in [0.1, 0.15) is 65.7 Å². The van der Waals surface area contributed by atoms with E-state index in [0.29, 0.717) is 50.7 Å². The smallest absolute Gasteiger partial charge is 0.308 e. The van der Waals surface area contributed by atoms with Crippen LogP contribution in [0.5, 0.6) is 0 Å². The summed E-state index contributed by atoms with van der Waals surface area (Å²) in [7, 11) is 4.13. The molecule has 10 nitrogen and oxygen atoms in total. The summed E-state index contributed by atoms with van der Waals surface area (Å²) in [6, 6.07) is -0.340. The molecule has 0 radical (unpaired) electrons. The van der Waals surface area contributed by atoms with Gasteiger partial charge in [-0.15, -0.1) is 0 Å². The molecule has 2 fully saturated rings. The van der Waals surface area contributed by atoms with E-state index in [4.69, 9.17) is 9.47 Å². The van der Waals surface area contributed by atoms with Gasteiger partial charge in [0.05, 0.1) is 12.5 Å². The normalized spacial score (nSPS) is 31.0. The van der Waals surface area contributed by atoms with E-state index in [1.807, 2.05) is 17.1 Å². The van der Waals surface area contributed by atoms with E-state index in [2.05, 4.69) is 61.7 Å². The van der Waals surface area contributed by atoms with Gasteiger partial charge in [0.25, 0.3) is 0 Å². The molecule has 5 aliphatic rings. The van der Waals surface area contributed by atoms with Crippen LogP contribution in [0.15, 0.2) is 47.0 Å². The van der Waals surface area contributed by atoms with E-state index < -0.39 is 23.5 Å². The third-order valence-corrected chi connectivity index (χ3v) is 11.0. The third-order valence-electron chi connectivity index (χ3n) is 11.0. The van der Waals surface area contributed by atoms with Crippen LogP contribution >= 0.6 is 0 Å². The molecular weight excluding hydrogens is 584 g/mol. The van der Waals surface area contributed by atoms with E-state index in [9.17, 15) is 19.8 Å². The zero-order valence-electron chi connectivity index (χ0n) is 28.6. The first-order valence-electron chi connectivity index (χ1n) is 17.4. The Kier molecular flexibility index (Phi) is 11.3. The molecule has 3 unspecified atom stereocenters. The molecule has 2 aliphatic carbocycles. The average Bonchev–Trinajstić information content (AvgIpc) is 3.71. The molecule has 256 valence electrons. The molecule has 0 aromatic heterocycles. The fourth-order valence-electron chi connectivity index (χ4n) is 8.14. The number of aliphatic carboxylic acids is 1. The minimum atomic E-state index is -0.828. The fourth-order valence-corrected chi connectivity index (χ4v) is 8.14. The van der Waals surface area contributed by atoms with E-state index in [1.165, 1.54) is 5.57 Å². The van der Waals surface area contributed by atoms with Crippen molar-refractivity contribution in [2.75, 3.05) is 66.7 Å². The van der Waals surface area contributed by atoms with Gasteiger partial charge in [-0.1, -0.05) is 39.3 Å². The molecule has 2 N–H and O–H groups in total. The predicted molar refractivity (Wildman–Crippen MR) is 177 cm³/mol. The highest BCUT2D eigenvalue weighted by Gasteiger charge is 2.53. The van der Waals surface area contributed by atoms with Crippen molar-refractivity contribution in [3.63, 3.8) is 0 Å². The van der Waals surface area contributed by atoms with Crippen LogP contribution < -0.4 is 0 Å². The summed E-state index contributed by atoms with van der Waals surface area (Å²) in [5, 5.41) is 22.0. The molecule has 10 heteroatoms. The number of carbonyl (C=O) groups is 2. The summed E-state index contributed by atoms with van der Waals surface area (Å²) in [4.78, 5) is 35.6. The van der Waals surface area contributed by atoms with Crippen molar-refractivity contribution in [3.8, 4) is 0 Å². The number of allylic oxidation sites excluding steroid dienone is 3. The lowest BCUT2D eigenvalue weighted by Gasteiger charge is -2.36. The van der Waals surface area contributed by atoms with E-state index in [1.54, 1.807) is 0 Å². The molecule has 0 aromatic carbocycles. The lowest BCUT2D eigenvalue weighted by molar-refractivity contribution is -0.145. The number of amides is 1. The molecule has 3 heterocycles. The largest absolute Gasteiger partial charge is 0.481 e. The SMILES string of the molecule is CCCCN(CCCCN(C)C)C(=O)CN1C[C@H](C2(C)C=C3OCOC3=CC2)[C@@H](C(=O)O)[C@@H]1CCN1CC2=C(C=CCC2C)C1O. The second-order valence-electron chi connectivity index (χ2n) is 14.6. The number of fused-ring (bicyclic) bond motifs is 1. The van der Waals surface area contributed by atoms with Gasteiger partial charge in [0.1, 0.15) is 6.23 Å². The number of hydrogen-bond donors (Lipinski definition) is 2. The van der Waals surface area contributed by atoms with Crippen LogP contribution in [0.3, 0.4) is 0 Å². The molecule has 0 bridgehead atoms. The molecule has 5 rings (SSSR count). The molecule has 0 saturated carbocycles. The van der Waals surface area contributed by atoms with Gasteiger partial charge < -0.3 is 29.5 Å². The Hall–Kier alpha value is -2.66. The van der Waals surface area contributed by atoms with Gasteiger partial charge in [-0.25, -0.2) is 0 Å². The number of likely N-dealkylation sites (tertiary alicyclic amines) is 1. The molecule has 3 aliphatic heterocycles. The van der Waals surface area contributed by atoms with Crippen LogP contribution in [0.25, 0.3) is 0 Å². The first-order chi connectivity index (χ1) is 22.0. The lowest BCUT2D eigenvalue weighted by atomic mass is 9.67. The standard InChI is InChI=1S/C36H56N4O6/c1-6-7-17-38(18-9-8-16-37(4)5)32(41)23-40-22-28(36(3)15-13-30-31(20-36)46-24-45-30)33(35(43)44)29(40)14-19-39-21-27-25(2)11-10-12-26(27)34(39)42/h10,12-13,20,25,28-29,33-34,42H,6-9,11,14-19,21-24H2,1-5H3,(H,43,44)/t25?,28-,29-,33+,34?,36?/m0/s1. The number of carboxylic acid groups (broad SMARTS) is 1. The Morgan fingerprint density at radius 2 is 1.83 bits per heavy atom. The number of nitrogens with zero attached hydrogens (tertiary/aromatic N) is 4. The van der Waals surface area contributed by atoms with Crippen LogP contribution in [0.4, 0.5) is 0 Å². The Balaban J connectivity index is 1.36. The van der Waals surface area contributed by atoms with Gasteiger partial charge in [0.15, 0.2) is 11.5 Å². The minimum Gasteiger partial charge on any atom is -0.481 e. The maximum Gasteiger partial charge on any atom is 0.308 e. The summed E-state index contributed by atoms with van der Waals surface area (Å²) in [6.45, 7) is 11.0. The molecule has 2 saturated heterocycles. The molecule has 46 heavy (non-hydrogen) atoms. The molecule has 1 amide bonds. The highest BCUT2D eigenvalue weighted by molar-refractivity contribution is 5.79. The second-order valence-corrected chi connectivity index (χ2v) is 14.6. The van der Waals surface area contributed by atoms with Crippen LogP contribution in [0.2, 0.25) is 0 Å². The predicted octanol–water partition coefficient (Wildman–Crippen LogP) is 4.06. The van der Waals surface area contributed by atoms with Crippen LogP contribution in [-0.2, 0) is 19.1 Å². The number of carboxylic acids is 1. The topological polar surface area (TPSA) is 106 Å². The van der Waals surface area contributed by atoms with Crippen LogP contribution in [0, 0.1) is 23.2 Å². The first-order valence-corrected chi connectivity index (χ1v) is 17.4. The molecule has 6 atom stereocenters. The highest BCUT2D eigenvalue weighted by atomic mass is 16.7. The monoisotopic (exact) mass is 640 g/mol. The number of unbranched alkanes of at least 4 members (excludes halogenated alkanes) is 2. The van der Waals surface area contributed by atoms with Gasteiger partial charge in [-0.2, -0.15) is 0 Å². The van der Waals surface area contributed by atoms with Crippen molar-refractivity contribution >= 4 is 11.9 Å². The van der Waals surface area contributed by atoms with Gasteiger partial charge in [-0.3, -0.25) is 19.4 Å². The van der Waals surface area contributed by atoms with Gasteiger partial charge in [0.2, 0.25) is 12.7 Å². The van der Waals surface area contributed by atoms with Gasteiger partial charge >= 0.3 is 5.97 Å². The average molecular weight is 641 g/mol. The van der Waals surface area contributed by atoms with Crippen molar-refractivity contribution in [1.82, 2.24) is 19.6 Å². The zero-order chi connectivity index (χ0) is 33.0. The Morgan fingerprint density at radius 3 is 2.54 bits per heavy atom. The van der Waals surface area contributed by atoms with Gasteiger partial charge in [-0.05, 0) is 99.7 Å². The van der Waals surface area contributed by atoms with Crippen molar-refractivity contribution in [2.24, 2.45) is 23.2 Å².